The maximum atomic E-state index is 12.2. The summed E-state index contributed by atoms with van der Waals surface area (Å²) in [4.78, 5) is 12.2. The van der Waals surface area contributed by atoms with Crippen LogP contribution >= 0.6 is 0 Å². The van der Waals surface area contributed by atoms with Crippen LogP contribution in [0.5, 0.6) is 0 Å². The Morgan fingerprint density at radius 1 is 1.47 bits per heavy atom. The van der Waals surface area contributed by atoms with Gasteiger partial charge in [-0.15, -0.1) is 0 Å². The van der Waals surface area contributed by atoms with Gasteiger partial charge in [0.1, 0.15) is 0 Å². The second kappa shape index (κ2) is 5.38. The standard InChI is InChI=1S/C14H26N2O/c1-3-14(6-4-7-14)10-16-13(17)12-5-8-15-9-11(12)2/h11-12,15H,3-10H2,1-2H3,(H,16,17). The number of carbonyl (C=O) groups is 1. The zero-order valence-electron chi connectivity index (χ0n) is 11.2. The summed E-state index contributed by atoms with van der Waals surface area (Å²) in [6.07, 6.45) is 6.13. The highest BCUT2D eigenvalue weighted by molar-refractivity contribution is 5.79. The first-order valence-corrected chi connectivity index (χ1v) is 7.15. The second-order valence-electron chi connectivity index (χ2n) is 6.00. The normalized spacial score (nSPS) is 31.6. The molecule has 17 heavy (non-hydrogen) atoms. The van der Waals surface area contributed by atoms with E-state index in [0.29, 0.717) is 17.2 Å². The zero-order chi connectivity index (χ0) is 12.3. The third-order valence-electron chi connectivity index (χ3n) is 4.92. The van der Waals surface area contributed by atoms with Crippen LogP contribution in [0.25, 0.3) is 0 Å². The van der Waals surface area contributed by atoms with Crippen molar-refractivity contribution in [1.29, 1.82) is 0 Å². The molecule has 0 spiro atoms. The van der Waals surface area contributed by atoms with Crippen LogP contribution in [-0.2, 0) is 4.79 Å². The zero-order valence-corrected chi connectivity index (χ0v) is 11.2. The first-order valence-electron chi connectivity index (χ1n) is 7.15. The minimum Gasteiger partial charge on any atom is -0.355 e. The van der Waals surface area contributed by atoms with Crippen LogP contribution in [0.1, 0.15) is 46.0 Å². The van der Waals surface area contributed by atoms with Crippen molar-refractivity contribution < 1.29 is 4.79 Å². The van der Waals surface area contributed by atoms with Gasteiger partial charge in [0, 0.05) is 12.5 Å². The summed E-state index contributed by atoms with van der Waals surface area (Å²) in [6, 6.07) is 0. The van der Waals surface area contributed by atoms with E-state index in [4.69, 9.17) is 0 Å². The highest BCUT2D eigenvalue weighted by Crippen LogP contribution is 2.43. The molecule has 0 aromatic heterocycles. The number of carbonyl (C=O) groups excluding carboxylic acids is 1. The summed E-state index contributed by atoms with van der Waals surface area (Å²) in [5.74, 6) is 0.992. The van der Waals surface area contributed by atoms with Gasteiger partial charge in [0.15, 0.2) is 0 Å². The molecule has 1 amide bonds. The van der Waals surface area contributed by atoms with Gasteiger partial charge in [-0.3, -0.25) is 4.79 Å². The lowest BCUT2D eigenvalue weighted by atomic mass is 9.67. The van der Waals surface area contributed by atoms with Crippen molar-refractivity contribution in [2.45, 2.75) is 46.0 Å². The lowest BCUT2D eigenvalue weighted by molar-refractivity contribution is -0.128. The van der Waals surface area contributed by atoms with Gasteiger partial charge in [-0.05, 0) is 50.1 Å². The summed E-state index contributed by atoms with van der Waals surface area (Å²) in [6.45, 7) is 7.30. The molecular weight excluding hydrogens is 212 g/mol. The lowest BCUT2D eigenvalue weighted by Gasteiger charge is -2.42. The molecule has 2 fully saturated rings. The summed E-state index contributed by atoms with van der Waals surface area (Å²) in [7, 11) is 0. The Bertz CT molecular complexity index is 268. The largest absolute Gasteiger partial charge is 0.355 e. The first-order chi connectivity index (χ1) is 8.17. The molecule has 1 aliphatic heterocycles. The lowest BCUT2D eigenvalue weighted by Crippen LogP contribution is -2.47. The van der Waals surface area contributed by atoms with Crippen LogP contribution in [0.3, 0.4) is 0 Å². The molecule has 1 aliphatic carbocycles. The Balaban J connectivity index is 1.80. The fraction of sp³-hybridized carbons (Fsp3) is 0.929. The average molecular weight is 238 g/mol. The van der Waals surface area contributed by atoms with Crippen molar-refractivity contribution in [2.24, 2.45) is 17.3 Å². The molecule has 2 atom stereocenters. The molecule has 0 radical (unpaired) electrons. The molecule has 2 N–H and O–H groups in total. The first kappa shape index (κ1) is 12.9. The van der Waals surface area contributed by atoms with E-state index in [1.807, 2.05) is 0 Å². The van der Waals surface area contributed by atoms with Gasteiger partial charge in [0.05, 0.1) is 0 Å². The van der Waals surface area contributed by atoms with Gasteiger partial charge in [-0.1, -0.05) is 20.3 Å². The van der Waals surface area contributed by atoms with E-state index < -0.39 is 0 Å². The molecule has 1 saturated heterocycles. The Morgan fingerprint density at radius 2 is 2.24 bits per heavy atom. The molecule has 0 aromatic rings. The molecule has 3 heteroatoms. The number of hydrogen-bond donors (Lipinski definition) is 2. The van der Waals surface area contributed by atoms with Gasteiger partial charge in [-0.2, -0.15) is 0 Å². The highest BCUT2D eigenvalue weighted by Gasteiger charge is 2.36. The molecular formula is C14H26N2O. The molecule has 2 rings (SSSR count). The maximum Gasteiger partial charge on any atom is 0.223 e. The maximum absolute atomic E-state index is 12.2. The van der Waals surface area contributed by atoms with Crippen LogP contribution in [0, 0.1) is 17.3 Å². The minimum atomic E-state index is 0.227. The fourth-order valence-corrected chi connectivity index (χ4v) is 3.14. The summed E-state index contributed by atoms with van der Waals surface area (Å²) < 4.78 is 0. The molecule has 2 aliphatic rings. The van der Waals surface area contributed by atoms with Gasteiger partial charge in [0.2, 0.25) is 5.91 Å². The van der Waals surface area contributed by atoms with Crippen LogP contribution in [-0.4, -0.2) is 25.5 Å². The molecule has 98 valence electrons. The van der Waals surface area contributed by atoms with Crippen molar-refractivity contribution in [2.75, 3.05) is 19.6 Å². The molecule has 0 bridgehead atoms. The van der Waals surface area contributed by atoms with Crippen molar-refractivity contribution in [1.82, 2.24) is 10.6 Å². The molecule has 0 aromatic carbocycles. The van der Waals surface area contributed by atoms with Crippen molar-refractivity contribution in [3.05, 3.63) is 0 Å². The number of rotatable bonds is 4. The average Bonchev–Trinajstić information content (AvgIpc) is 2.28. The van der Waals surface area contributed by atoms with Crippen LogP contribution in [0.4, 0.5) is 0 Å². The Labute approximate surface area is 105 Å². The third-order valence-corrected chi connectivity index (χ3v) is 4.92. The molecule has 2 unspecified atom stereocenters. The van der Waals surface area contributed by atoms with E-state index in [1.165, 1.54) is 25.7 Å². The number of amides is 1. The monoisotopic (exact) mass is 238 g/mol. The van der Waals surface area contributed by atoms with Gasteiger partial charge >= 0.3 is 0 Å². The SMILES string of the molecule is CCC1(CNC(=O)C2CCNCC2C)CCC1. The fourth-order valence-electron chi connectivity index (χ4n) is 3.14. The second-order valence-corrected chi connectivity index (χ2v) is 6.00. The van der Waals surface area contributed by atoms with Crippen molar-refractivity contribution >= 4 is 5.91 Å². The minimum absolute atomic E-state index is 0.227. The topological polar surface area (TPSA) is 41.1 Å². The van der Waals surface area contributed by atoms with E-state index >= 15 is 0 Å². The predicted octanol–water partition coefficient (Wildman–Crippen LogP) is 1.93. The van der Waals surface area contributed by atoms with E-state index in [0.717, 1.165) is 26.1 Å². The Kier molecular flexibility index (Phi) is 4.08. The Morgan fingerprint density at radius 3 is 2.76 bits per heavy atom. The van der Waals surface area contributed by atoms with Crippen LogP contribution < -0.4 is 10.6 Å². The summed E-state index contributed by atoms with van der Waals surface area (Å²) >= 11 is 0. The van der Waals surface area contributed by atoms with Crippen molar-refractivity contribution in [3.8, 4) is 0 Å². The van der Waals surface area contributed by atoms with Crippen LogP contribution in [0.2, 0.25) is 0 Å². The summed E-state index contributed by atoms with van der Waals surface area (Å²) in [5.41, 5.74) is 0.436. The summed E-state index contributed by atoms with van der Waals surface area (Å²) in [5, 5.41) is 6.55. The number of piperidine rings is 1. The number of nitrogens with one attached hydrogen (secondary N) is 2. The van der Waals surface area contributed by atoms with E-state index in [-0.39, 0.29) is 5.92 Å². The smallest absolute Gasteiger partial charge is 0.223 e. The van der Waals surface area contributed by atoms with E-state index in [2.05, 4.69) is 24.5 Å². The van der Waals surface area contributed by atoms with E-state index in [9.17, 15) is 4.79 Å². The van der Waals surface area contributed by atoms with Gasteiger partial charge < -0.3 is 10.6 Å². The Hall–Kier alpha value is -0.570. The van der Waals surface area contributed by atoms with E-state index in [1.54, 1.807) is 0 Å². The third kappa shape index (κ3) is 2.82. The molecule has 1 saturated carbocycles. The van der Waals surface area contributed by atoms with Crippen LogP contribution in [0.15, 0.2) is 0 Å². The molecule has 1 heterocycles. The molecule has 3 nitrogen and oxygen atoms in total. The van der Waals surface area contributed by atoms with Gasteiger partial charge in [-0.25, -0.2) is 0 Å². The predicted molar refractivity (Wildman–Crippen MR) is 69.7 cm³/mol. The highest BCUT2D eigenvalue weighted by atomic mass is 16.1. The number of hydrogen-bond acceptors (Lipinski definition) is 2. The quantitative estimate of drug-likeness (QED) is 0.786. The van der Waals surface area contributed by atoms with Crippen molar-refractivity contribution in [3.63, 3.8) is 0 Å². The van der Waals surface area contributed by atoms with Gasteiger partial charge in [0.25, 0.3) is 0 Å².